The molecule has 3 rings (SSSR count). The third kappa shape index (κ3) is 3.17. The van der Waals surface area contributed by atoms with Gasteiger partial charge in [-0.1, -0.05) is 29.5 Å². The Balaban J connectivity index is 2.26. The third-order valence-corrected chi connectivity index (χ3v) is 3.63. The highest BCUT2D eigenvalue weighted by atomic mass is 19.4. The maximum atomic E-state index is 13.4. The Morgan fingerprint density at radius 2 is 1.72 bits per heavy atom. The van der Waals surface area contributed by atoms with E-state index in [0.29, 0.717) is 16.8 Å². The first-order chi connectivity index (χ1) is 11.8. The van der Waals surface area contributed by atoms with E-state index in [4.69, 9.17) is 5.73 Å². The second kappa shape index (κ2) is 6.15. The quantitative estimate of drug-likeness (QED) is 0.782. The van der Waals surface area contributed by atoms with Crippen LogP contribution < -0.4 is 5.73 Å². The van der Waals surface area contributed by atoms with E-state index in [0.717, 1.165) is 6.20 Å². The summed E-state index contributed by atoms with van der Waals surface area (Å²) in [6.45, 7) is 3.82. The molecule has 0 fully saturated rings. The summed E-state index contributed by atoms with van der Waals surface area (Å²) in [4.78, 5) is 7.14. The van der Waals surface area contributed by atoms with Crippen molar-refractivity contribution in [3.63, 3.8) is 0 Å². The van der Waals surface area contributed by atoms with E-state index in [-0.39, 0.29) is 11.6 Å². The van der Waals surface area contributed by atoms with Crippen molar-refractivity contribution in [1.29, 1.82) is 0 Å². The number of aromatic nitrogens is 5. The third-order valence-electron chi connectivity index (χ3n) is 3.63. The van der Waals surface area contributed by atoms with Crippen LogP contribution in [0, 0.1) is 0 Å². The van der Waals surface area contributed by atoms with Crippen molar-refractivity contribution >= 4 is 5.95 Å². The van der Waals surface area contributed by atoms with Crippen LogP contribution in [0.1, 0.15) is 25.6 Å². The van der Waals surface area contributed by atoms with Gasteiger partial charge in [-0.05, 0) is 19.4 Å². The maximum absolute atomic E-state index is 13.4. The molecule has 9 heteroatoms. The largest absolute Gasteiger partial charge is 0.434 e. The van der Waals surface area contributed by atoms with E-state index in [1.165, 1.54) is 6.20 Å². The number of alkyl halides is 3. The molecule has 2 heterocycles. The van der Waals surface area contributed by atoms with Crippen molar-refractivity contribution in [2.75, 3.05) is 5.73 Å². The fourth-order valence-corrected chi connectivity index (χ4v) is 2.57. The van der Waals surface area contributed by atoms with Crippen molar-refractivity contribution < 1.29 is 13.2 Å². The van der Waals surface area contributed by atoms with Crippen molar-refractivity contribution in [2.24, 2.45) is 0 Å². The topological polar surface area (TPSA) is 82.5 Å². The number of benzene rings is 1. The second-order valence-electron chi connectivity index (χ2n) is 5.69. The molecule has 0 amide bonds. The molecular formula is C16H15F3N6. The molecule has 0 spiro atoms. The summed E-state index contributed by atoms with van der Waals surface area (Å²) in [5, 5.41) is 7.88. The van der Waals surface area contributed by atoms with Crippen molar-refractivity contribution in [3.05, 3.63) is 42.4 Å². The molecule has 0 saturated heterocycles. The lowest BCUT2D eigenvalue weighted by Crippen LogP contribution is -2.13. The molecule has 0 aliphatic carbocycles. The zero-order chi connectivity index (χ0) is 18.2. The minimum absolute atomic E-state index is 0.00434. The van der Waals surface area contributed by atoms with Gasteiger partial charge < -0.3 is 5.73 Å². The van der Waals surface area contributed by atoms with E-state index in [9.17, 15) is 13.2 Å². The lowest BCUT2D eigenvalue weighted by molar-refractivity contribution is -0.140. The summed E-state index contributed by atoms with van der Waals surface area (Å²) in [7, 11) is 0. The molecule has 0 unspecified atom stereocenters. The van der Waals surface area contributed by atoms with Crippen LogP contribution >= 0.6 is 0 Å². The molecule has 130 valence electrons. The van der Waals surface area contributed by atoms with Gasteiger partial charge in [0.05, 0.1) is 11.9 Å². The summed E-state index contributed by atoms with van der Waals surface area (Å²) in [6, 6.07) is 6.68. The minimum Gasteiger partial charge on any atom is -0.368 e. The molecule has 6 nitrogen and oxygen atoms in total. The van der Waals surface area contributed by atoms with Crippen LogP contribution in [0.15, 0.2) is 36.7 Å². The first-order valence-corrected chi connectivity index (χ1v) is 7.48. The van der Waals surface area contributed by atoms with Crippen LogP contribution in [0.5, 0.6) is 0 Å². The Morgan fingerprint density at radius 1 is 1.04 bits per heavy atom. The van der Waals surface area contributed by atoms with Gasteiger partial charge >= 0.3 is 6.18 Å². The van der Waals surface area contributed by atoms with E-state index in [1.54, 1.807) is 28.9 Å². The van der Waals surface area contributed by atoms with Gasteiger partial charge in [0, 0.05) is 23.4 Å². The number of hydrogen-bond acceptors (Lipinski definition) is 5. The molecule has 0 aliphatic heterocycles. The van der Waals surface area contributed by atoms with Crippen molar-refractivity contribution in [1.82, 2.24) is 25.0 Å². The number of halogens is 3. The maximum Gasteiger partial charge on any atom is 0.434 e. The van der Waals surface area contributed by atoms with Gasteiger partial charge in [0.1, 0.15) is 0 Å². The molecule has 1 aromatic carbocycles. The Bertz CT molecular complexity index is 901. The fraction of sp³-hybridized carbons (Fsp3) is 0.250. The van der Waals surface area contributed by atoms with Gasteiger partial charge in [-0.2, -0.15) is 13.2 Å². The second-order valence-corrected chi connectivity index (χ2v) is 5.69. The van der Waals surface area contributed by atoms with Crippen LogP contribution in [0.3, 0.4) is 0 Å². The molecule has 0 radical (unpaired) electrons. The molecule has 25 heavy (non-hydrogen) atoms. The number of rotatable bonds is 3. The number of nitrogens with two attached hydrogens (primary N) is 1. The number of hydrogen-bond donors (Lipinski definition) is 1. The Morgan fingerprint density at radius 3 is 2.36 bits per heavy atom. The average molecular weight is 348 g/mol. The van der Waals surface area contributed by atoms with Gasteiger partial charge in [0.25, 0.3) is 0 Å². The molecule has 0 aliphatic rings. The van der Waals surface area contributed by atoms with Crippen LogP contribution in [0.2, 0.25) is 0 Å². The molecule has 0 saturated carbocycles. The Labute approximate surface area is 141 Å². The molecule has 2 N–H and O–H groups in total. The van der Waals surface area contributed by atoms with E-state index in [2.05, 4.69) is 20.3 Å². The van der Waals surface area contributed by atoms with Gasteiger partial charge in [0.15, 0.2) is 5.69 Å². The lowest BCUT2D eigenvalue weighted by Gasteiger charge is -2.16. The van der Waals surface area contributed by atoms with Crippen molar-refractivity contribution in [2.45, 2.75) is 26.1 Å². The first kappa shape index (κ1) is 16.9. The number of anilines is 1. The highest BCUT2D eigenvalue weighted by Gasteiger charge is 2.37. The molecule has 2 aromatic heterocycles. The highest BCUT2D eigenvalue weighted by molar-refractivity contribution is 5.82. The van der Waals surface area contributed by atoms with Gasteiger partial charge in [0.2, 0.25) is 5.95 Å². The Kier molecular flexibility index (Phi) is 4.15. The van der Waals surface area contributed by atoms with Crippen LogP contribution in [-0.4, -0.2) is 25.0 Å². The van der Waals surface area contributed by atoms with Crippen molar-refractivity contribution in [3.8, 4) is 22.4 Å². The SMILES string of the molecule is CC(C)n1nncc1-c1ccccc1-c1cnc(N)nc1C(F)(F)F. The van der Waals surface area contributed by atoms with Gasteiger partial charge in [-0.3, -0.25) is 0 Å². The molecular weight excluding hydrogens is 333 g/mol. The van der Waals surface area contributed by atoms with E-state index >= 15 is 0 Å². The summed E-state index contributed by atoms with van der Waals surface area (Å²) >= 11 is 0. The first-order valence-electron chi connectivity index (χ1n) is 7.48. The zero-order valence-corrected chi connectivity index (χ0v) is 13.5. The summed E-state index contributed by atoms with van der Waals surface area (Å²) < 4.78 is 41.9. The number of nitrogen functional groups attached to an aromatic ring is 1. The monoisotopic (exact) mass is 348 g/mol. The minimum atomic E-state index is -4.66. The predicted octanol–water partition coefficient (Wildman–Crippen LogP) is 3.58. The van der Waals surface area contributed by atoms with E-state index in [1.807, 2.05) is 13.8 Å². The molecule has 0 bridgehead atoms. The standard InChI is InChI=1S/C16H15F3N6/c1-9(2)25-13(8-22-24-25)11-6-4-3-5-10(11)12-7-21-15(20)23-14(12)16(17,18)19/h3-9H,1-2H3,(H2,20,21,23). The Hall–Kier alpha value is -2.97. The summed E-state index contributed by atoms with van der Waals surface area (Å²) in [6.07, 6.45) is -2.05. The predicted molar refractivity (Wildman–Crippen MR) is 86.3 cm³/mol. The highest BCUT2D eigenvalue weighted by Crippen LogP contribution is 2.39. The molecule has 0 atom stereocenters. The molecule has 3 aromatic rings. The summed E-state index contributed by atoms with van der Waals surface area (Å²) in [5.74, 6) is -0.428. The van der Waals surface area contributed by atoms with Crippen LogP contribution in [0.4, 0.5) is 19.1 Å². The van der Waals surface area contributed by atoms with Crippen LogP contribution in [-0.2, 0) is 6.18 Å². The smallest absolute Gasteiger partial charge is 0.368 e. The lowest BCUT2D eigenvalue weighted by atomic mass is 9.97. The fourth-order valence-electron chi connectivity index (χ4n) is 2.57. The number of nitrogens with zero attached hydrogens (tertiary/aromatic N) is 5. The van der Waals surface area contributed by atoms with Gasteiger partial charge in [-0.15, -0.1) is 5.10 Å². The zero-order valence-electron chi connectivity index (χ0n) is 13.5. The normalized spacial score (nSPS) is 11.9. The van der Waals surface area contributed by atoms with E-state index < -0.39 is 17.8 Å². The van der Waals surface area contributed by atoms with Crippen LogP contribution in [0.25, 0.3) is 22.4 Å². The summed E-state index contributed by atoms with van der Waals surface area (Å²) in [5.41, 5.74) is 5.63. The van der Waals surface area contributed by atoms with Gasteiger partial charge in [-0.25, -0.2) is 14.6 Å². The average Bonchev–Trinajstić information content (AvgIpc) is 3.04.